The zero-order valence-electron chi connectivity index (χ0n) is 10.4. The molecule has 5 nitrogen and oxygen atoms in total. The molecule has 2 aliphatic rings. The average molecular weight is 315 g/mol. The van der Waals surface area contributed by atoms with Crippen molar-refractivity contribution in [3.05, 3.63) is 10.6 Å². The lowest BCUT2D eigenvalue weighted by Crippen LogP contribution is -2.47. The summed E-state index contributed by atoms with van der Waals surface area (Å²) < 4.78 is 0.767. The average Bonchev–Trinajstić information content (AvgIpc) is 2.49. The standard InChI is InChI=1S/C12H15BrN2O3/c1-5-4-7(13)10(14-6(2)16)9-8(5)11(17)15(3)12(9)18/h4-5,8-10H,1-3H3,(H,14,16)/t5-,8-,9-,10+/m1/s1. The fourth-order valence-electron chi connectivity index (χ4n) is 2.77. The maximum Gasteiger partial charge on any atom is 0.235 e. The van der Waals surface area contributed by atoms with E-state index in [0.717, 1.165) is 4.48 Å². The first-order valence-electron chi connectivity index (χ1n) is 5.80. The first-order valence-corrected chi connectivity index (χ1v) is 6.59. The number of allylic oxidation sites excluding steroid dienone is 1. The van der Waals surface area contributed by atoms with Crippen LogP contribution in [-0.4, -0.2) is 35.7 Å². The van der Waals surface area contributed by atoms with E-state index in [2.05, 4.69) is 21.2 Å². The molecule has 98 valence electrons. The van der Waals surface area contributed by atoms with E-state index in [9.17, 15) is 14.4 Å². The van der Waals surface area contributed by atoms with Crippen molar-refractivity contribution in [3.63, 3.8) is 0 Å². The second kappa shape index (κ2) is 4.50. The molecule has 3 amide bonds. The van der Waals surface area contributed by atoms with Crippen molar-refractivity contribution in [1.82, 2.24) is 10.2 Å². The van der Waals surface area contributed by atoms with Crippen molar-refractivity contribution in [3.8, 4) is 0 Å². The number of imide groups is 1. The second-order valence-corrected chi connectivity index (χ2v) is 5.79. The molecule has 1 heterocycles. The molecule has 0 aromatic carbocycles. The van der Waals surface area contributed by atoms with Crippen LogP contribution < -0.4 is 5.32 Å². The Balaban J connectivity index is 2.42. The van der Waals surface area contributed by atoms with Gasteiger partial charge in [0.05, 0.1) is 17.9 Å². The highest BCUT2D eigenvalue weighted by atomic mass is 79.9. The molecule has 1 fully saturated rings. The van der Waals surface area contributed by atoms with Crippen LogP contribution in [0.4, 0.5) is 0 Å². The number of likely N-dealkylation sites (tertiary alicyclic amines) is 1. The summed E-state index contributed by atoms with van der Waals surface area (Å²) in [6.45, 7) is 3.31. The van der Waals surface area contributed by atoms with Gasteiger partial charge in [-0.2, -0.15) is 0 Å². The van der Waals surface area contributed by atoms with E-state index in [1.54, 1.807) is 0 Å². The van der Waals surface area contributed by atoms with Crippen LogP contribution in [0.2, 0.25) is 0 Å². The Bertz CT molecular complexity index is 460. The quantitative estimate of drug-likeness (QED) is 0.723. The summed E-state index contributed by atoms with van der Waals surface area (Å²) in [5, 5.41) is 2.74. The SMILES string of the molecule is CC(=O)N[C@H]1C(Br)=C[C@@H](C)[C@H]2C(=O)N(C)C(=O)[C@H]21. The summed E-state index contributed by atoms with van der Waals surface area (Å²) in [7, 11) is 1.49. The number of halogens is 1. The van der Waals surface area contributed by atoms with Gasteiger partial charge in [-0.05, 0) is 5.92 Å². The summed E-state index contributed by atoms with van der Waals surface area (Å²) in [6, 6.07) is -0.440. The smallest absolute Gasteiger partial charge is 0.235 e. The van der Waals surface area contributed by atoms with E-state index in [1.807, 2.05) is 13.0 Å². The zero-order chi connectivity index (χ0) is 13.6. The molecule has 0 radical (unpaired) electrons. The van der Waals surface area contributed by atoms with Crippen molar-refractivity contribution in [2.24, 2.45) is 17.8 Å². The van der Waals surface area contributed by atoms with E-state index in [0.29, 0.717) is 0 Å². The predicted octanol–water partition coefficient (Wildman–Crippen LogP) is 0.651. The van der Waals surface area contributed by atoms with E-state index in [1.165, 1.54) is 18.9 Å². The Morgan fingerprint density at radius 1 is 1.33 bits per heavy atom. The van der Waals surface area contributed by atoms with Crippen LogP contribution in [-0.2, 0) is 14.4 Å². The third kappa shape index (κ3) is 1.88. The Morgan fingerprint density at radius 3 is 2.44 bits per heavy atom. The third-order valence-electron chi connectivity index (χ3n) is 3.62. The Hall–Kier alpha value is -1.17. The molecule has 6 heteroatoms. The molecule has 0 saturated carbocycles. The van der Waals surface area contributed by atoms with Crippen molar-refractivity contribution >= 4 is 33.7 Å². The highest BCUT2D eigenvalue weighted by molar-refractivity contribution is 9.11. The van der Waals surface area contributed by atoms with Gasteiger partial charge in [0.1, 0.15) is 0 Å². The summed E-state index contributed by atoms with van der Waals surface area (Å²) in [6.07, 6.45) is 1.89. The lowest BCUT2D eigenvalue weighted by molar-refractivity contribution is -0.138. The Kier molecular flexibility index (Phi) is 3.31. The van der Waals surface area contributed by atoms with Gasteiger partial charge in [0.2, 0.25) is 17.7 Å². The summed E-state index contributed by atoms with van der Waals surface area (Å²) >= 11 is 3.39. The molecule has 0 aromatic heterocycles. The van der Waals surface area contributed by atoms with Crippen molar-refractivity contribution in [2.75, 3.05) is 7.05 Å². The molecule has 1 aliphatic carbocycles. The lowest BCUT2D eigenvalue weighted by atomic mass is 9.75. The van der Waals surface area contributed by atoms with Gasteiger partial charge in [0.15, 0.2) is 0 Å². The van der Waals surface area contributed by atoms with E-state index < -0.39 is 12.0 Å². The van der Waals surface area contributed by atoms with Gasteiger partial charge in [-0.3, -0.25) is 19.3 Å². The Labute approximate surface area is 114 Å². The molecular formula is C12H15BrN2O3. The second-order valence-electron chi connectivity index (χ2n) is 4.88. The van der Waals surface area contributed by atoms with Gasteiger partial charge < -0.3 is 5.32 Å². The fourth-order valence-corrected chi connectivity index (χ4v) is 3.59. The molecule has 2 rings (SSSR count). The number of nitrogens with one attached hydrogen (secondary N) is 1. The molecule has 0 unspecified atom stereocenters. The first kappa shape index (κ1) is 13.3. The van der Waals surface area contributed by atoms with Crippen LogP contribution in [0.3, 0.4) is 0 Å². The summed E-state index contributed by atoms with van der Waals surface area (Å²) in [4.78, 5) is 36.6. The minimum Gasteiger partial charge on any atom is -0.348 e. The molecule has 1 saturated heterocycles. The predicted molar refractivity (Wildman–Crippen MR) is 68.5 cm³/mol. The normalized spacial score (nSPS) is 35.3. The number of hydrogen-bond acceptors (Lipinski definition) is 3. The van der Waals surface area contributed by atoms with E-state index >= 15 is 0 Å². The van der Waals surface area contributed by atoms with E-state index in [-0.39, 0.29) is 29.6 Å². The largest absolute Gasteiger partial charge is 0.348 e. The minimum absolute atomic E-state index is 0.0178. The number of fused-ring (bicyclic) bond motifs is 1. The van der Waals surface area contributed by atoms with Gasteiger partial charge in [-0.25, -0.2) is 0 Å². The highest BCUT2D eigenvalue weighted by Gasteiger charge is 2.54. The highest BCUT2D eigenvalue weighted by Crippen LogP contribution is 2.42. The molecule has 18 heavy (non-hydrogen) atoms. The molecule has 1 aliphatic heterocycles. The van der Waals surface area contributed by atoms with E-state index in [4.69, 9.17) is 0 Å². The zero-order valence-corrected chi connectivity index (χ0v) is 12.0. The van der Waals surface area contributed by atoms with Crippen molar-refractivity contribution in [1.29, 1.82) is 0 Å². The summed E-state index contributed by atoms with van der Waals surface area (Å²) in [5.41, 5.74) is 0. The van der Waals surface area contributed by atoms with Crippen molar-refractivity contribution in [2.45, 2.75) is 19.9 Å². The van der Waals surface area contributed by atoms with Crippen LogP contribution >= 0.6 is 15.9 Å². The van der Waals surface area contributed by atoms with Gasteiger partial charge in [-0.15, -0.1) is 0 Å². The summed E-state index contributed by atoms with van der Waals surface area (Å²) in [5.74, 6) is -1.49. The van der Waals surface area contributed by atoms with Gasteiger partial charge in [0.25, 0.3) is 0 Å². The fraction of sp³-hybridized carbons (Fsp3) is 0.583. The van der Waals surface area contributed by atoms with Crippen LogP contribution in [0.5, 0.6) is 0 Å². The van der Waals surface area contributed by atoms with Crippen molar-refractivity contribution < 1.29 is 14.4 Å². The first-order chi connectivity index (χ1) is 8.34. The molecule has 0 aromatic rings. The number of amides is 3. The van der Waals surface area contributed by atoms with Crippen LogP contribution in [0.25, 0.3) is 0 Å². The molecule has 1 N–H and O–H groups in total. The van der Waals surface area contributed by atoms with Gasteiger partial charge >= 0.3 is 0 Å². The molecule has 0 spiro atoms. The van der Waals surface area contributed by atoms with Crippen LogP contribution in [0.15, 0.2) is 10.6 Å². The van der Waals surface area contributed by atoms with Crippen LogP contribution in [0.1, 0.15) is 13.8 Å². The Morgan fingerprint density at radius 2 is 1.89 bits per heavy atom. The number of carbonyl (C=O) groups excluding carboxylic acids is 3. The lowest BCUT2D eigenvalue weighted by Gasteiger charge is -2.33. The van der Waals surface area contributed by atoms with Gasteiger partial charge in [-0.1, -0.05) is 28.9 Å². The minimum atomic E-state index is -0.499. The number of carbonyl (C=O) groups is 3. The maximum atomic E-state index is 12.1. The van der Waals surface area contributed by atoms with Crippen LogP contribution in [0, 0.1) is 17.8 Å². The third-order valence-corrected chi connectivity index (χ3v) is 4.38. The number of nitrogens with zero attached hydrogens (tertiary/aromatic N) is 1. The van der Waals surface area contributed by atoms with Gasteiger partial charge in [0, 0.05) is 18.5 Å². The topological polar surface area (TPSA) is 66.5 Å². The number of hydrogen-bond donors (Lipinski definition) is 1. The molecule has 0 bridgehead atoms. The molecular weight excluding hydrogens is 300 g/mol. The monoisotopic (exact) mass is 314 g/mol. The molecule has 4 atom stereocenters. The number of rotatable bonds is 1. The maximum absolute atomic E-state index is 12.1.